The van der Waals surface area contributed by atoms with Crippen LogP contribution in [0.3, 0.4) is 0 Å². The van der Waals surface area contributed by atoms with Gasteiger partial charge in [-0.1, -0.05) is 38.1 Å². The van der Waals surface area contributed by atoms with E-state index in [1.54, 1.807) is 6.08 Å². The Morgan fingerprint density at radius 2 is 2.12 bits per heavy atom. The van der Waals surface area contributed by atoms with Gasteiger partial charge in [0.25, 0.3) is 0 Å². The van der Waals surface area contributed by atoms with Gasteiger partial charge in [-0.3, -0.25) is 10.3 Å². The zero-order valence-electron chi connectivity index (χ0n) is 24.5. The number of aromatic nitrogens is 3. The number of hydrazone groups is 1. The van der Waals surface area contributed by atoms with Gasteiger partial charge < -0.3 is 14.7 Å². The fourth-order valence-electron chi connectivity index (χ4n) is 5.51. The lowest BCUT2D eigenvalue weighted by Crippen LogP contribution is -2.52. The van der Waals surface area contributed by atoms with E-state index in [-0.39, 0.29) is 18.5 Å². The molecule has 2 unspecified atom stereocenters. The number of rotatable bonds is 9. The van der Waals surface area contributed by atoms with Gasteiger partial charge in [-0.05, 0) is 56.0 Å². The number of hydrazine groups is 1. The third-order valence-corrected chi connectivity index (χ3v) is 7.95. The number of para-hydroxylation sites is 1. The Hall–Kier alpha value is -4.22. The highest BCUT2D eigenvalue weighted by molar-refractivity contribution is 5.85. The number of allylic oxidation sites excluding steroid dienone is 4. The molecule has 1 aliphatic heterocycles. The summed E-state index contributed by atoms with van der Waals surface area (Å²) in [5.41, 5.74) is 2.50. The predicted octanol–water partition coefficient (Wildman–Crippen LogP) is 5.22. The normalized spacial score (nSPS) is 23.9. The quantitative estimate of drug-likeness (QED) is 0.120. The Balaban J connectivity index is 1.60. The maximum atomic E-state index is 13.7. The van der Waals surface area contributed by atoms with Crippen LogP contribution >= 0.6 is 0 Å². The van der Waals surface area contributed by atoms with Crippen LogP contribution in [0, 0.1) is 0 Å². The van der Waals surface area contributed by atoms with Crippen molar-refractivity contribution in [2.45, 2.75) is 57.0 Å². The molecule has 2 aromatic heterocycles. The first-order valence-corrected chi connectivity index (χ1v) is 14.3. The van der Waals surface area contributed by atoms with Crippen LogP contribution in [0.5, 0.6) is 0 Å². The van der Waals surface area contributed by atoms with Crippen LogP contribution in [0.25, 0.3) is 10.9 Å². The minimum Gasteiger partial charge on any atom is -0.446 e. The van der Waals surface area contributed by atoms with Crippen LogP contribution in [0.15, 0.2) is 71.9 Å². The van der Waals surface area contributed by atoms with Crippen LogP contribution in [0.1, 0.15) is 62.4 Å². The molecule has 0 radical (unpaired) electrons. The summed E-state index contributed by atoms with van der Waals surface area (Å²) < 4.78 is 19.5. The Morgan fingerprint density at radius 1 is 1.31 bits per heavy atom. The van der Waals surface area contributed by atoms with Crippen molar-refractivity contribution in [3.05, 3.63) is 89.6 Å². The molecule has 1 amide bonds. The SMILES string of the molecule is CC/C=N\N(/C=C/C1(COC(=O)N(C)N)N[C@@H](c2ncc(C3(C)C=CC(F)=CC3)[nH]2)Cc2c1[nH]c1ccccc21)CC. The largest absolute Gasteiger partial charge is 0.446 e. The van der Waals surface area contributed by atoms with E-state index < -0.39 is 17.0 Å². The molecule has 0 fully saturated rings. The molecule has 5 rings (SSSR count). The zero-order valence-corrected chi connectivity index (χ0v) is 24.5. The van der Waals surface area contributed by atoms with E-state index in [2.05, 4.69) is 33.4 Å². The Bertz CT molecular complexity index is 1550. The number of amides is 1. The van der Waals surface area contributed by atoms with Crippen molar-refractivity contribution in [1.29, 1.82) is 0 Å². The predicted molar refractivity (Wildman–Crippen MR) is 162 cm³/mol. The molecule has 3 aromatic rings. The van der Waals surface area contributed by atoms with Crippen molar-refractivity contribution in [2.24, 2.45) is 10.9 Å². The van der Waals surface area contributed by atoms with Crippen molar-refractivity contribution < 1.29 is 13.9 Å². The average Bonchev–Trinajstić information content (AvgIpc) is 3.64. The van der Waals surface area contributed by atoms with Crippen molar-refractivity contribution in [1.82, 2.24) is 30.3 Å². The summed E-state index contributed by atoms with van der Waals surface area (Å²) in [5, 5.41) is 12.1. The molecule has 0 spiro atoms. The number of fused-ring (bicyclic) bond motifs is 3. The van der Waals surface area contributed by atoms with Crippen LogP contribution < -0.4 is 11.2 Å². The summed E-state index contributed by atoms with van der Waals surface area (Å²) >= 11 is 0. The molecular formula is C31H39FN8O2. The summed E-state index contributed by atoms with van der Waals surface area (Å²) in [6, 6.07) is 7.87. The minimum absolute atomic E-state index is 0.0344. The van der Waals surface area contributed by atoms with Crippen LogP contribution in [0.4, 0.5) is 9.18 Å². The number of aromatic amines is 2. The molecule has 1 aromatic carbocycles. The molecular weight excluding hydrogens is 535 g/mol. The van der Waals surface area contributed by atoms with E-state index in [0.29, 0.717) is 19.4 Å². The Morgan fingerprint density at radius 3 is 2.83 bits per heavy atom. The molecule has 3 atom stereocenters. The highest BCUT2D eigenvalue weighted by Gasteiger charge is 2.43. The smallest absolute Gasteiger partial charge is 0.423 e. The van der Waals surface area contributed by atoms with Crippen molar-refractivity contribution in [3.63, 3.8) is 0 Å². The van der Waals surface area contributed by atoms with Gasteiger partial charge in [0.1, 0.15) is 23.8 Å². The maximum absolute atomic E-state index is 13.7. The number of H-pyrrole nitrogens is 2. The average molecular weight is 575 g/mol. The lowest BCUT2D eigenvalue weighted by atomic mass is 9.81. The molecule has 0 bridgehead atoms. The van der Waals surface area contributed by atoms with Gasteiger partial charge in [-0.15, -0.1) is 0 Å². The fraction of sp³-hybridized carbons (Fsp3) is 0.387. The molecule has 2 aliphatic rings. The highest BCUT2D eigenvalue weighted by Crippen LogP contribution is 2.41. The minimum atomic E-state index is -0.967. The van der Waals surface area contributed by atoms with E-state index in [1.165, 1.54) is 13.1 Å². The van der Waals surface area contributed by atoms with Crippen LogP contribution in [-0.2, 0) is 22.1 Å². The van der Waals surface area contributed by atoms with E-state index in [0.717, 1.165) is 45.1 Å². The second-order valence-corrected chi connectivity index (χ2v) is 11.1. The molecule has 222 valence electrons. The second kappa shape index (κ2) is 11.9. The monoisotopic (exact) mass is 574 g/mol. The molecule has 11 heteroatoms. The number of halogens is 1. The summed E-state index contributed by atoms with van der Waals surface area (Å²) in [6.07, 6.45) is 13.8. The lowest BCUT2D eigenvalue weighted by molar-refractivity contribution is 0.0801. The number of hydrogen-bond donors (Lipinski definition) is 4. The highest BCUT2D eigenvalue weighted by atomic mass is 19.1. The number of nitrogens with two attached hydrogens (primary N) is 1. The van der Waals surface area contributed by atoms with Crippen molar-refractivity contribution in [2.75, 3.05) is 20.2 Å². The first kappa shape index (κ1) is 29.3. The number of nitrogens with zero attached hydrogens (tertiary/aromatic N) is 4. The summed E-state index contributed by atoms with van der Waals surface area (Å²) in [7, 11) is 1.44. The van der Waals surface area contributed by atoms with Crippen molar-refractivity contribution >= 4 is 23.2 Å². The number of nitrogens with one attached hydrogen (secondary N) is 3. The van der Waals surface area contributed by atoms with Gasteiger partial charge in [0, 0.05) is 59.9 Å². The summed E-state index contributed by atoms with van der Waals surface area (Å²) in [5.74, 6) is 6.21. The fourth-order valence-corrected chi connectivity index (χ4v) is 5.51. The standard InChI is InChI=1S/C31H39FN8O2/c1-5-16-35-40(6-2)17-15-31(20-42-29(41)39(4)33)27-23(22-9-7-8-10-24(22)36-27)18-25(38-31)28-34-19-26(37-28)30(3)13-11-21(32)12-14-30/h7-13,15-17,19,25,36,38H,5-6,14,18,20,33H2,1-4H3,(H,34,37)/b17-15+,35-16-/t25-,30?,31?/m1/s1. The lowest BCUT2D eigenvalue weighted by Gasteiger charge is -2.40. The molecule has 5 N–H and O–H groups in total. The Kier molecular flexibility index (Phi) is 8.33. The number of imidazole rings is 1. The Labute approximate surface area is 245 Å². The number of carbonyl (C=O) groups excluding carboxylic acids is 1. The number of hydrogen-bond acceptors (Lipinski definition) is 7. The van der Waals surface area contributed by atoms with E-state index in [1.807, 2.05) is 67.8 Å². The molecule has 1 aliphatic carbocycles. The van der Waals surface area contributed by atoms with Gasteiger partial charge in [0.2, 0.25) is 0 Å². The third-order valence-electron chi connectivity index (χ3n) is 7.95. The molecule has 0 saturated carbocycles. The van der Waals surface area contributed by atoms with Crippen LogP contribution in [-0.4, -0.2) is 57.5 Å². The molecule has 10 nitrogen and oxygen atoms in total. The van der Waals surface area contributed by atoms with Gasteiger partial charge in [0.15, 0.2) is 0 Å². The van der Waals surface area contributed by atoms with Crippen LogP contribution in [0.2, 0.25) is 0 Å². The van der Waals surface area contributed by atoms with Gasteiger partial charge in [-0.2, -0.15) is 5.10 Å². The first-order chi connectivity index (χ1) is 20.2. The topological polar surface area (TPSA) is 128 Å². The van der Waals surface area contributed by atoms with E-state index in [9.17, 15) is 9.18 Å². The zero-order chi connectivity index (χ0) is 29.9. The molecule has 0 saturated heterocycles. The van der Waals surface area contributed by atoms with Gasteiger partial charge in [-0.25, -0.2) is 25.0 Å². The van der Waals surface area contributed by atoms with Crippen molar-refractivity contribution in [3.8, 4) is 0 Å². The van der Waals surface area contributed by atoms with E-state index in [4.69, 9.17) is 15.6 Å². The number of carbonyl (C=O) groups is 1. The summed E-state index contributed by atoms with van der Waals surface area (Å²) in [4.78, 5) is 24.5. The second-order valence-electron chi connectivity index (χ2n) is 11.1. The van der Waals surface area contributed by atoms with Gasteiger partial charge in [0.05, 0.1) is 6.04 Å². The summed E-state index contributed by atoms with van der Waals surface area (Å²) in [6.45, 7) is 6.73. The third kappa shape index (κ3) is 5.75. The molecule has 42 heavy (non-hydrogen) atoms. The number of ether oxygens (including phenoxy) is 1. The number of benzene rings is 1. The molecule has 3 heterocycles. The van der Waals surface area contributed by atoms with Gasteiger partial charge >= 0.3 is 6.09 Å². The first-order valence-electron chi connectivity index (χ1n) is 14.3. The van der Waals surface area contributed by atoms with E-state index >= 15 is 0 Å². The maximum Gasteiger partial charge on any atom is 0.423 e.